The number of halogens is 3. The summed E-state index contributed by atoms with van der Waals surface area (Å²) in [5.41, 5.74) is 0.529. The van der Waals surface area contributed by atoms with Crippen LogP contribution in [0.3, 0.4) is 0 Å². The molecule has 1 N–H and O–H groups in total. The van der Waals surface area contributed by atoms with Crippen molar-refractivity contribution in [1.29, 1.82) is 0 Å². The van der Waals surface area contributed by atoms with Crippen LogP contribution in [-0.4, -0.2) is 45.2 Å². The molecule has 11 heteroatoms. The number of aliphatic carboxylic acids is 1. The van der Waals surface area contributed by atoms with Gasteiger partial charge in [-0.1, -0.05) is 0 Å². The van der Waals surface area contributed by atoms with Crippen LogP contribution in [0.2, 0.25) is 0 Å². The Hall–Kier alpha value is -2.98. The summed E-state index contributed by atoms with van der Waals surface area (Å²) in [5, 5.41) is 7.12. The van der Waals surface area contributed by atoms with Gasteiger partial charge in [-0.05, 0) is 6.07 Å². The molecule has 0 unspecified atom stereocenters. The average molecular weight is 333 g/mol. The van der Waals surface area contributed by atoms with Crippen LogP contribution in [0.25, 0.3) is 11.2 Å². The monoisotopic (exact) mass is 333 g/mol. The zero-order chi connectivity index (χ0) is 17.6. The van der Waals surface area contributed by atoms with E-state index < -0.39 is 12.1 Å². The van der Waals surface area contributed by atoms with E-state index in [1.54, 1.807) is 12.1 Å². The highest BCUT2D eigenvalue weighted by molar-refractivity contribution is 5.73. The number of carboxylic acid groups (broad SMARTS) is 1. The summed E-state index contributed by atoms with van der Waals surface area (Å²) in [5.74, 6) is -2.38. The highest BCUT2D eigenvalue weighted by Crippen LogP contribution is 2.13. The van der Waals surface area contributed by atoms with Crippen LogP contribution in [0.15, 0.2) is 23.1 Å². The molecule has 0 aromatic carbocycles. The smallest absolute Gasteiger partial charge is 0.481 e. The summed E-state index contributed by atoms with van der Waals surface area (Å²) < 4.78 is 37.9. The number of nitrogens with zero attached hydrogens (tertiary/aromatic N) is 3. The summed E-state index contributed by atoms with van der Waals surface area (Å²) in [6.07, 6.45) is -3.28. The van der Waals surface area contributed by atoms with Crippen LogP contribution in [0.1, 0.15) is 0 Å². The molecule has 2 aromatic rings. The Labute approximate surface area is 126 Å². The largest absolute Gasteiger partial charge is 0.490 e. The molecule has 0 bridgehead atoms. The van der Waals surface area contributed by atoms with Crippen LogP contribution < -0.4 is 10.3 Å². The maximum atomic E-state index is 11.5. The minimum absolute atomic E-state index is 0.0436. The Morgan fingerprint density at radius 3 is 2.52 bits per heavy atom. The van der Waals surface area contributed by atoms with Gasteiger partial charge in [0.1, 0.15) is 11.8 Å². The van der Waals surface area contributed by atoms with Crippen LogP contribution in [0.5, 0.6) is 5.88 Å². The van der Waals surface area contributed by atoms with Gasteiger partial charge in [0.25, 0.3) is 5.56 Å². The van der Waals surface area contributed by atoms with E-state index in [9.17, 15) is 22.8 Å². The average Bonchev–Trinajstić information content (AvgIpc) is 2.49. The quantitative estimate of drug-likeness (QED) is 0.820. The molecule has 0 atom stereocenters. The summed E-state index contributed by atoms with van der Waals surface area (Å²) in [7, 11) is 1.48. The second kappa shape index (κ2) is 7.33. The van der Waals surface area contributed by atoms with Crippen molar-refractivity contribution in [2.24, 2.45) is 0 Å². The fourth-order valence-electron chi connectivity index (χ4n) is 1.39. The number of methoxy groups -OCH3 is 1. The van der Waals surface area contributed by atoms with E-state index in [2.05, 4.69) is 9.97 Å². The summed E-state index contributed by atoms with van der Waals surface area (Å²) >= 11 is 0. The van der Waals surface area contributed by atoms with E-state index in [4.69, 9.17) is 14.6 Å². The van der Waals surface area contributed by atoms with Crippen molar-refractivity contribution in [3.63, 3.8) is 0 Å². The van der Waals surface area contributed by atoms with Gasteiger partial charge in [0.05, 0.1) is 19.9 Å². The van der Waals surface area contributed by atoms with E-state index in [0.29, 0.717) is 23.3 Å². The molecule has 2 rings (SSSR count). The molecule has 0 amide bonds. The van der Waals surface area contributed by atoms with Crippen molar-refractivity contribution < 1.29 is 32.6 Å². The molecule has 0 radical (unpaired) electrons. The van der Waals surface area contributed by atoms with Crippen molar-refractivity contribution >= 4 is 23.4 Å². The van der Waals surface area contributed by atoms with Gasteiger partial charge in [-0.2, -0.15) is 18.2 Å². The number of carbonyl (C=O) groups excluding carboxylic acids is 1. The zero-order valence-corrected chi connectivity index (χ0v) is 11.6. The first kappa shape index (κ1) is 18.1. The molecule has 0 aliphatic rings. The highest BCUT2D eigenvalue weighted by atomic mass is 19.4. The molecular formula is C12H10F3N3O5. The van der Waals surface area contributed by atoms with E-state index in [1.165, 1.54) is 17.9 Å². The molecule has 0 saturated carbocycles. The lowest BCUT2D eigenvalue weighted by atomic mass is 10.4. The highest BCUT2D eigenvalue weighted by Gasteiger charge is 2.38. The minimum atomic E-state index is -5.08. The zero-order valence-electron chi connectivity index (χ0n) is 11.6. The first-order chi connectivity index (χ1) is 10.7. The fraction of sp³-hybridized carbons (Fsp3) is 0.250. The van der Waals surface area contributed by atoms with Gasteiger partial charge < -0.3 is 14.6 Å². The molecule has 8 nitrogen and oxygen atoms in total. The normalized spacial score (nSPS) is 10.6. The Bertz CT molecular complexity index is 773. The second-order valence-corrected chi connectivity index (χ2v) is 3.87. The van der Waals surface area contributed by atoms with Crippen LogP contribution in [0.4, 0.5) is 13.2 Å². The lowest BCUT2D eigenvalue weighted by Gasteiger charge is -2.06. The Morgan fingerprint density at radius 1 is 1.43 bits per heavy atom. The number of pyridine rings is 1. The third kappa shape index (κ3) is 4.76. The molecule has 0 aliphatic heterocycles. The maximum absolute atomic E-state index is 11.5. The third-order valence-electron chi connectivity index (χ3n) is 2.37. The first-order valence-corrected chi connectivity index (χ1v) is 5.85. The van der Waals surface area contributed by atoms with Crippen LogP contribution in [0, 0.1) is 0 Å². The van der Waals surface area contributed by atoms with Gasteiger partial charge in [-0.3, -0.25) is 9.36 Å². The number of aldehydes is 1. The van der Waals surface area contributed by atoms with Gasteiger partial charge in [-0.25, -0.2) is 9.78 Å². The number of ether oxygens (including phenoxy) is 1. The standard InChI is InChI=1S/C10H9N3O3.C2HF3O2/c1-16-8-3-2-7-10(12-8)13(4-5-14)9(15)6-11-7;3-2(4,5)1(6)7/h2-3,5-6H,4H2,1H3;(H,6,7). The third-order valence-corrected chi connectivity index (χ3v) is 2.37. The number of carboxylic acids is 1. The van der Waals surface area contributed by atoms with Gasteiger partial charge >= 0.3 is 12.1 Å². The van der Waals surface area contributed by atoms with Gasteiger partial charge in [0, 0.05) is 6.07 Å². The molecule has 2 heterocycles. The summed E-state index contributed by atoms with van der Waals surface area (Å²) in [6, 6.07) is 3.33. The Morgan fingerprint density at radius 2 is 2.04 bits per heavy atom. The number of fused-ring (bicyclic) bond motifs is 1. The van der Waals surface area contributed by atoms with E-state index in [1.807, 2.05) is 0 Å². The van der Waals surface area contributed by atoms with Crippen molar-refractivity contribution in [3.8, 4) is 5.88 Å². The summed E-state index contributed by atoms with van der Waals surface area (Å²) in [4.78, 5) is 38.9. The van der Waals surface area contributed by atoms with Crippen molar-refractivity contribution in [3.05, 3.63) is 28.7 Å². The summed E-state index contributed by atoms with van der Waals surface area (Å²) in [6.45, 7) is -0.0436. The molecule has 0 aliphatic carbocycles. The maximum Gasteiger partial charge on any atom is 0.490 e. The predicted octanol–water partition coefficient (Wildman–Crippen LogP) is 0.632. The number of hydrogen-bond acceptors (Lipinski definition) is 6. The minimum Gasteiger partial charge on any atom is -0.481 e. The Kier molecular flexibility index (Phi) is 5.76. The molecule has 2 aromatic heterocycles. The van der Waals surface area contributed by atoms with Crippen molar-refractivity contribution in [2.75, 3.05) is 7.11 Å². The van der Waals surface area contributed by atoms with E-state index in [-0.39, 0.29) is 12.1 Å². The molecule has 23 heavy (non-hydrogen) atoms. The number of hydrogen-bond donors (Lipinski definition) is 1. The Balaban J connectivity index is 0.000000322. The van der Waals surface area contributed by atoms with Gasteiger partial charge in [0.15, 0.2) is 5.65 Å². The van der Waals surface area contributed by atoms with Crippen molar-refractivity contribution in [1.82, 2.24) is 14.5 Å². The lowest BCUT2D eigenvalue weighted by Crippen LogP contribution is -2.21. The van der Waals surface area contributed by atoms with E-state index >= 15 is 0 Å². The number of carbonyl (C=O) groups is 2. The number of rotatable bonds is 3. The topological polar surface area (TPSA) is 111 Å². The second-order valence-electron chi connectivity index (χ2n) is 3.87. The molecule has 0 fully saturated rings. The van der Waals surface area contributed by atoms with Crippen LogP contribution in [-0.2, 0) is 16.1 Å². The van der Waals surface area contributed by atoms with E-state index in [0.717, 1.165) is 0 Å². The predicted molar refractivity (Wildman–Crippen MR) is 70.1 cm³/mol. The molecule has 0 spiro atoms. The molecular weight excluding hydrogens is 323 g/mol. The first-order valence-electron chi connectivity index (χ1n) is 5.85. The SMILES string of the molecule is COc1ccc2ncc(=O)n(CC=O)c2n1.O=C(O)C(F)(F)F. The number of alkyl halides is 3. The molecule has 124 valence electrons. The fourth-order valence-corrected chi connectivity index (χ4v) is 1.39. The van der Waals surface area contributed by atoms with Gasteiger partial charge in [0.2, 0.25) is 5.88 Å². The van der Waals surface area contributed by atoms with Gasteiger partial charge in [-0.15, -0.1) is 0 Å². The van der Waals surface area contributed by atoms with Crippen LogP contribution >= 0.6 is 0 Å². The lowest BCUT2D eigenvalue weighted by molar-refractivity contribution is -0.192. The number of aromatic nitrogens is 3. The molecule has 0 saturated heterocycles. The van der Waals surface area contributed by atoms with Crippen molar-refractivity contribution in [2.45, 2.75) is 12.7 Å².